The minimum absolute atomic E-state index is 0.127. The van der Waals surface area contributed by atoms with E-state index in [0.717, 1.165) is 29.0 Å². The average Bonchev–Trinajstić information content (AvgIpc) is 3.26. The second-order valence-electron chi connectivity index (χ2n) is 5.99. The largest absolute Gasteiger partial charge is 0.337 e. The molecule has 114 valence electrons. The molecule has 0 bridgehead atoms. The number of amides is 1. The first-order valence-corrected chi connectivity index (χ1v) is 8.30. The third kappa shape index (κ3) is 3.09. The molecule has 0 saturated heterocycles. The zero-order chi connectivity index (χ0) is 15.7. The van der Waals surface area contributed by atoms with Gasteiger partial charge in [0, 0.05) is 0 Å². The van der Waals surface area contributed by atoms with Crippen LogP contribution in [0.1, 0.15) is 25.3 Å². The fraction of sp³-hybridized carbons (Fsp3) is 0.438. The molecule has 0 aliphatic heterocycles. The topological polar surface area (TPSA) is 81.6 Å². The molecule has 1 aromatic carbocycles. The molecule has 1 aliphatic carbocycles. The molecule has 1 fully saturated rings. The molecular weight excluding hydrogens is 296 g/mol. The number of hydrogen-bond acceptors (Lipinski definition) is 4. The van der Waals surface area contributed by atoms with E-state index >= 15 is 0 Å². The zero-order valence-corrected chi connectivity index (χ0v) is 13.5. The van der Waals surface area contributed by atoms with E-state index in [0.29, 0.717) is 5.92 Å². The standard InChI is InChI=1S/C16H18N4OS/c1-10-3-6-12-13(7-10)19-15(18-12)22-8-14(21)20-16(2,9-17)11-4-5-11/h3,6-7,11H,4-5,8H2,1-2H3,(H,18,19)(H,20,21). The monoisotopic (exact) mass is 314 g/mol. The Morgan fingerprint density at radius 2 is 2.36 bits per heavy atom. The van der Waals surface area contributed by atoms with Gasteiger partial charge in [-0.3, -0.25) is 4.79 Å². The fourth-order valence-electron chi connectivity index (χ4n) is 2.51. The van der Waals surface area contributed by atoms with Gasteiger partial charge in [0.25, 0.3) is 0 Å². The molecule has 0 spiro atoms. The van der Waals surface area contributed by atoms with Crippen molar-refractivity contribution in [2.45, 2.75) is 37.4 Å². The van der Waals surface area contributed by atoms with Crippen LogP contribution in [0.3, 0.4) is 0 Å². The Morgan fingerprint density at radius 1 is 1.59 bits per heavy atom. The number of hydrogen-bond donors (Lipinski definition) is 2. The second kappa shape index (κ2) is 5.65. The lowest BCUT2D eigenvalue weighted by Gasteiger charge is -2.22. The summed E-state index contributed by atoms with van der Waals surface area (Å²) in [6.45, 7) is 3.83. The van der Waals surface area contributed by atoms with Crippen LogP contribution in [0.15, 0.2) is 23.4 Å². The van der Waals surface area contributed by atoms with E-state index in [1.165, 1.54) is 17.3 Å². The van der Waals surface area contributed by atoms with Gasteiger partial charge < -0.3 is 10.3 Å². The normalized spacial score (nSPS) is 17.0. The summed E-state index contributed by atoms with van der Waals surface area (Å²) in [6.07, 6.45) is 2.03. The number of rotatable bonds is 5. The molecule has 3 rings (SSSR count). The average molecular weight is 314 g/mol. The van der Waals surface area contributed by atoms with Crippen molar-refractivity contribution in [2.24, 2.45) is 5.92 Å². The maximum absolute atomic E-state index is 12.1. The number of nitrogens with zero attached hydrogens (tertiary/aromatic N) is 2. The Balaban J connectivity index is 1.61. The smallest absolute Gasteiger partial charge is 0.231 e. The minimum atomic E-state index is -0.733. The van der Waals surface area contributed by atoms with Crippen LogP contribution in [-0.2, 0) is 4.79 Å². The summed E-state index contributed by atoms with van der Waals surface area (Å²) in [6, 6.07) is 8.24. The zero-order valence-electron chi connectivity index (χ0n) is 12.6. The number of imidazole rings is 1. The number of thioether (sulfide) groups is 1. The van der Waals surface area contributed by atoms with Gasteiger partial charge in [-0.2, -0.15) is 5.26 Å². The van der Waals surface area contributed by atoms with Crippen molar-refractivity contribution < 1.29 is 4.79 Å². The predicted molar refractivity (Wildman–Crippen MR) is 86.4 cm³/mol. The molecule has 1 saturated carbocycles. The number of nitrogens with one attached hydrogen (secondary N) is 2. The number of H-pyrrole nitrogens is 1. The van der Waals surface area contributed by atoms with Crippen LogP contribution in [0.5, 0.6) is 0 Å². The number of carbonyl (C=O) groups is 1. The van der Waals surface area contributed by atoms with Crippen molar-refractivity contribution in [3.8, 4) is 6.07 Å². The third-order valence-electron chi connectivity index (χ3n) is 3.98. The van der Waals surface area contributed by atoms with Crippen LogP contribution in [0.25, 0.3) is 11.0 Å². The first kappa shape index (κ1) is 14.9. The number of aromatic nitrogens is 2. The number of nitriles is 1. The summed E-state index contributed by atoms with van der Waals surface area (Å²) < 4.78 is 0. The van der Waals surface area contributed by atoms with E-state index in [-0.39, 0.29) is 11.7 Å². The Morgan fingerprint density at radius 3 is 3.05 bits per heavy atom. The molecular formula is C16H18N4OS. The third-order valence-corrected chi connectivity index (χ3v) is 4.85. The van der Waals surface area contributed by atoms with Crippen LogP contribution < -0.4 is 5.32 Å². The number of carbonyl (C=O) groups excluding carboxylic acids is 1. The van der Waals surface area contributed by atoms with Gasteiger partial charge in [0.2, 0.25) is 5.91 Å². The molecule has 1 amide bonds. The van der Waals surface area contributed by atoms with Crippen molar-refractivity contribution in [1.29, 1.82) is 5.26 Å². The van der Waals surface area contributed by atoms with Crippen molar-refractivity contribution in [1.82, 2.24) is 15.3 Å². The first-order valence-electron chi connectivity index (χ1n) is 7.31. The highest BCUT2D eigenvalue weighted by atomic mass is 32.2. The lowest BCUT2D eigenvalue weighted by atomic mass is 9.98. The highest BCUT2D eigenvalue weighted by Gasteiger charge is 2.42. The molecule has 1 atom stereocenters. The van der Waals surface area contributed by atoms with E-state index in [2.05, 4.69) is 21.4 Å². The van der Waals surface area contributed by atoms with Gasteiger partial charge in [0.1, 0.15) is 5.54 Å². The van der Waals surface area contributed by atoms with Gasteiger partial charge in [0.05, 0.1) is 22.9 Å². The van der Waals surface area contributed by atoms with Crippen molar-refractivity contribution in [3.63, 3.8) is 0 Å². The SMILES string of the molecule is Cc1ccc2nc(SCC(=O)NC(C)(C#N)C3CC3)[nH]c2c1. The first-order chi connectivity index (χ1) is 10.5. The lowest BCUT2D eigenvalue weighted by molar-refractivity contribution is -0.119. The molecule has 1 aromatic heterocycles. The number of fused-ring (bicyclic) bond motifs is 1. The van der Waals surface area contributed by atoms with Crippen LogP contribution >= 0.6 is 11.8 Å². The van der Waals surface area contributed by atoms with E-state index in [1.54, 1.807) is 6.92 Å². The number of benzene rings is 1. The fourth-order valence-corrected chi connectivity index (χ4v) is 3.20. The van der Waals surface area contributed by atoms with Crippen LogP contribution in [-0.4, -0.2) is 27.2 Å². The Bertz CT molecular complexity index is 759. The molecule has 2 N–H and O–H groups in total. The van der Waals surface area contributed by atoms with Gasteiger partial charge in [-0.15, -0.1) is 0 Å². The molecule has 5 nitrogen and oxygen atoms in total. The highest BCUT2D eigenvalue weighted by Crippen LogP contribution is 2.39. The Labute approximate surface area is 133 Å². The van der Waals surface area contributed by atoms with Gasteiger partial charge in [-0.25, -0.2) is 4.98 Å². The number of aryl methyl sites for hydroxylation is 1. The summed E-state index contributed by atoms with van der Waals surface area (Å²) in [4.78, 5) is 19.7. The molecule has 6 heteroatoms. The maximum atomic E-state index is 12.1. The summed E-state index contributed by atoms with van der Waals surface area (Å²) in [7, 11) is 0. The molecule has 1 unspecified atom stereocenters. The van der Waals surface area contributed by atoms with Crippen molar-refractivity contribution in [3.05, 3.63) is 23.8 Å². The molecule has 1 aliphatic rings. The van der Waals surface area contributed by atoms with Gasteiger partial charge in [-0.05, 0) is 50.3 Å². The van der Waals surface area contributed by atoms with Gasteiger partial charge in [0.15, 0.2) is 5.16 Å². The molecule has 2 aromatic rings. The van der Waals surface area contributed by atoms with Crippen molar-refractivity contribution >= 4 is 28.7 Å². The number of aromatic amines is 1. The molecule has 1 heterocycles. The summed E-state index contributed by atoms with van der Waals surface area (Å²) >= 11 is 1.36. The van der Waals surface area contributed by atoms with Gasteiger partial charge >= 0.3 is 0 Å². The van der Waals surface area contributed by atoms with Crippen LogP contribution in [0.2, 0.25) is 0 Å². The minimum Gasteiger partial charge on any atom is -0.337 e. The van der Waals surface area contributed by atoms with Crippen LogP contribution in [0.4, 0.5) is 0 Å². The van der Waals surface area contributed by atoms with Crippen LogP contribution in [0, 0.1) is 24.2 Å². The lowest BCUT2D eigenvalue weighted by Crippen LogP contribution is -2.47. The maximum Gasteiger partial charge on any atom is 0.231 e. The quantitative estimate of drug-likeness (QED) is 0.831. The Kier molecular flexibility index (Phi) is 3.83. The van der Waals surface area contributed by atoms with E-state index < -0.39 is 5.54 Å². The summed E-state index contributed by atoms with van der Waals surface area (Å²) in [5, 5.41) is 12.8. The predicted octanol–water partition coefficient (Wildman–Crippen LogP) is 2.77. The molecule has 0 radical (unpaired) electrons. The summed E-state index contributed by atoms with van der Waals surface area (Å²) in [5.74, 6) is 0.418. The highest BCUT2D eigenvalue weighted by molar-refractivity contribution is 7.99. The molecule has 22 heavy (non-hydrogen) atoms. The van der Waals surface area contributed by atoms with E-state index in [1.807, 2.05) is 25.1 Å². The van der Waals surface area contributed by atoms with E-state index in [4.69, 9.17) is 0 Å². The van der Waals surface area contributed by atoms with Crippen molar-refractivity contribution in [2.75, 3.05) is 5.75 Å². The second-order valence-corrected chi connectivity index (χ2v) is 6.95. The van der Waals surface area contributed by atoms with E-state index in [9.17, 15) is 10.1 Å². The summed E-state index contributed by atoms with van der Waals surface area (Å²) in [5.41, 5.74) is 2.30. The van der Waals surface area contributed by atoms with Gasteiger partial charge in [-0.1, -0.05) is 17.8 Å². The Hall–Kier alpha value is -2.00.